The van der Waals surface area contributed by atoms with E-state index < -0.39 is 29.2 Å². The summed E-state index contributed by atoms with van der Waals surface area (Å²) in [6.07, 6.45) is 18.5. The van der Waals surface area contributed by atoms with E-state index in [4.69, 9.17) is 15.3 Å². The number of hydrogen-bond acceptors (Lipinski definition) is 12. The van der Waals surface area contributed by atoms with Crippen LogP contribution in [0.5, 0.6) is 0 Å². The number of carbonyl (C=O) groups is 3. The number of aromatic nitrogens is 7. The molecule has 0 unspecified atom stereocenters. The smallest absolute Gasteiger partial charge is 0.354 e. The average Bonchev–Trinajstić information content (AvgIpc) is 1.34. The Balaban J connectivity index is 0.000000633. The SMILES string of the molecule is CC(=O)C=C(C)O.CC(=O)C=C(C)O.Fc1c[c-]c(-c2ccccn2)c(F)c1.Fc1c[c-]c(-c2ccccn2)c(F)c1.O=C(O)c1ccccn1.[C-]1=C(c2ccccn2)Cc2ccccc21.[Ir].[Ir].[Ir].[Ir].[Ir].[Ir].[c-]1ccccc1-c1ccccn1.[c-]1ccccc1-c1ccccn1.[c-]1ccccc1-c1nccc2ccccc12. The van der Waals surface area contributed by atoms with Gasteiger partial charge in [0.1, 0.15) is 5.69 Å². The Hall–Kier alpha value is -9.90. The van der Waals surface area contributed by atoms with Crippen molar-refractivity contribution in [1.29, 1.82) is 0 Å². The Morgan fingerprint density at radius 2 is 0.750 bits per heavy atom. The number of fused-ring (bicyclic) bond motifs is 2. The molecule has 7 heterocycles. The number of carboxylic acid groups (broad SMARTS) is 1. The molecule has 6 radical (unpaired) electrons. The van der Waals surface area contributed by atoms with E-state index in [0.29, 0.717) is 11.4 Å². The molecular formula is C89H69F4Ir6N7O6-6. The van der Waals surface area contributed by atoms with Crippen LogP contribution < -0.4 is 0 Å². The van der Waals surface area contributed by atoms with Crippen LogP contribution in [0, 0.1) is 59.7 Å². The molecule has 1 aliphatic carbocycles. The Kier molecular flexibility index (Phi) is 50.3. The van der Waals surface area contributed by atoms with Gasteiger partial charge in [0.25, 0.3) is 0 Å². The summed E-state index contributed by atoms with van der Waals surface area (Å²) in [5.41, 5.74) is 12.2. The van der Waals surface area contributed by atoms with Crippen molar-refractivity contribution in [2.45, 2.75) is 34.1 Å². The molecule has 0 fully saturated rings. The summed E-state index contributed by atoms with van der Waals surface area (Å²) >= 11 is 0. The Morgan fingerprint density at radius 3 is 1.10 bits per heavy atom. The molecule has 0 saturated heterocycles. The minimum atomic E-state index is -0.990. The number of ketones is 2. The summed E-state index contributed by atoms with van der Waals surface area (Å²) in [5.74, 6) is -3.69. The molecule has 0 amide bonds. The third-order valence-electron chi connectivity index (χ3n) is 13.8. The second kappa shape index (κ2) is 56.3. The van der Waals surface area contributed by atoms with E-state index in [1.807, 2.05) is 164 Å². The van der Waals surface area contributed by atoms with E-state index in [0.717, 1.165) is 70.2 Å². The van der Waals surface area contributed by atoms with Gasteiger partial charge in [-0.15, -0.1) is 173 Å². The van der Waals surface area contributed by atoms with Gasteiger partial charge in [-0.3, -0.25) is 27.2 Å². The number of halogens is 4. The molecule has 0 aliphatic heterocycles. The summed E-state index contributed by atoms with van der Waals surface area (Å²) in [7, 11) is 0. The van der Waals surface area contributed by atoms with Crippen molar-refractivity contribution in [3.63, 3.8) is 0 Å². The minimum Gasteiger partial charge on any atom is -0.512 e. The number of carbonyl (C=O) groups excluding carboxylic acids is 2. The quantitative estimate of drug-likeness (QED) is 0.0534. The van der Waals surface area contributed by atoms with Gasteiger partial charge in [-0.1, -0.05) is 127 Å². The topological polar surface area (TPSA) is 202 Å². The zero-order chi connectivity index (χ0) is 75.7. The summed E-state index contributed by atoms with van der Waals surface area (Å²) in [4.78, 5) is 58.9. The summed E-state index contributed by atoms with van der Waals surface area (Å²) in [5, 5.41) is 27.4. The van der Waals surface area contributed by atoms with Crippen molar-refractivity contribution in [2.24, 2.45) is 0 Å². The van der Waals surface area contributed by atoms with Crippen LogP contribution in [0.15, 0.2) is 328 Å². The van der Waals surface area contributed by atoms with Crippen LogP contribution in [-0.4, -0.2) is 67.7 Å². The molecule has 7 aromatic carbocycles. The van der Waals surface area contributed by atoms with Crippen molar-refractivity contribution in [3.05, 3.63) is 410 Å². The normalized spacial score (nSPS) is 10.1. The van der Waals surface area contributed by atoms with Crippen molar-refractivity contribution in [2.75, 3.05) is 0 Å². The fourth-order valence-corrected chi connectivity index (χ4v) is 9.30. The largest absolute Gasteiger partial charge is 0.512 e. The number of aliphatic hydroxyl groups excluding tert-OH is 2. The van der Waals surface area contributed by atoms with E-state index in [9.17, 15) is 31.9 Å². The zero-order valence-electron chi connectivity index (χ0n) is 59.9. The molecule has 7 aromatic heterocycles. The van der Waals surface area contributed by atoms with Crippen LogP contribution in [0.2, 0.25) is 0 Å². The van der Waals surface area contributed by atoms with Gasteiger partial charge in [-0.25, -0.2) is 9.78 Å². The number of aromatic carboxylic acids is 1. The molecule has 584 valence electrons. The fourth-order valence-electron chi connectivity index (χ4n) is 9.30. The maximum absolute atomic E-state index is 13.2. The van der Waals surface area contributed by atoms with Crippen LogP contribution in [0.4, 0.5) is 17.6 Å². The van der Waals surface area contributed by atoms with Crippen LogP contribution >= 0.6 is 0 Å². The van der Waals surface area contributed by atoms with Crippen molar-refractivity contribution >= 4 is 33.9 Å². The molecule has 0 atom stereocenters. The first-order chi connectivity index (χ1) is 51.4. The van der Waals surface area contributed by atoms with E-state index in [1.165, 1.54) is 79.6 Å². The standard InChI is InChI=1S/C15H10N.C14H10N.2C11H6F2N.2C11H8N.C6H5NO2.2C5H8O2.6Ir/c1-2-7-13(8-3-1)15-14-9-5-4-6-12(14)10-11-16-15;1-2-6-12-10-13(9-11(12)5-1)14-7-3-4-8-15-14;2*12-8-4-5-9(10(13)7-8)11-3-1-2-6-14-11;2*1-2-6-10(7-3-1)11-8-4-5-9-12-11;8-6(9)5-3-1-2-4-7-5;2*1-4(6)3-5(2)7;;;;;;/h1-7,9-11H;1-8H,9H2;2*1-4,6-7H;2*1-6,8-9H;1-4H,(H,8,9);2*3,6H,1-2H3;;;;;;/q6*-1;;;;;;;;;. The Bertz CT molecular complexity index is 4830. The summed E-state index contributed by atoms with van der Waals surface area (Å²) in [6.45, 7) is 5.70. The van der Waals surface area contributed by atoms with Crippen molar-refractivity contribution in [3.8, 4) is 56.3 Å². The summed E-state index contributed by atoms with van der Waals surface area (Å²) in [6, 6.07) is 93.3. The minimum absolute atomic E-state index is 0. The zero-order valence-corrected chi connectivity index (χ0v) is 74.3. The number of allylic oxidation sites excluding steroid dienone is 5. The number of aliphatic hydroxyl groups is 2. The Labute approximate surface area is 730 Å². The van der Waals surface area contributed by atoms with E-state index >= 15 is 0 Å². The maximum Gasteiger partial charge on any atom is 0.354 e. The second-order valence-electron chi connectivity index (χ2n) is 22.1. The molecule has 0 spiro atoms. The number of pyridine rings is 7. The second-order valence-corrected chi connectivity index (χ2v) is 22.1. The van der Waals surface area contributed by atoms with Crippen LogP contribution in [0.25, 0.3) is 72.6 Å². The molecular weight excluding hydrogens is 2490 g/mol. The van der Waals surface area contributed by atoms with Gasteiger partial charge in [0.15, 0.2) is 11.6 Å². The molecule has 1 aliphatic rings. The maximum atomic E-state index is 13.2. The molecule has 0 bridgehead atoms. The molecule has 23 heteroatoms. The third kappa shape index (κ3) is 36.5. The van der Waals surface area contributed by atoms with Gasteiger partial charge in [-0.2, -0.15) is 0 Å². The molecule has 13 nitrogen and oxygen atoms in total. The predicted molar refractivity (Wildman–Crippen MR) is 405 cm³/mol. The monoisotopic (exact) mass is 2570 g/mol. The van der Waals surface area contributed by atoms with E-state index in [1.54, 1.807) is 73.3 Å². The fraction of sp³-hybridized carbons (Fsp3) is 0.0562. The summed E-state index contributed by atoms with van der Waals surface area (Å²) < 4.78 is 51.6. The number of carboxylic acids is 1. The van der Waals surface area contributed by atoms with Gasteiger partial charge >= 0.3 is 5.97 Å². The first-order valence-electron chi connectivity index (χ1n) is 32.6. The Morgan fingerprint density at radius 1 is 0.375 bits per heavy atom. The molecule has 14 aromatic rings. The number of hydrogen-bond donors (Lipinski definition) is 3. The molecule has 15 rings (SSSR count). The van der Waals surface area contributed by atoms with Gasteiger partial charge in [0, 0.05) is 199 Å². The van der Waals surface area contributed by atoms with E-state index in [2.05, 4.69) is 102 Å². The first-order valence-corrected chi connectivity index (χ1v) is 32.6. The first kappa shape index (κ1) is 100. The van der Waals surface area contributed by atoms with E-state index in [-0.39, 0.29) is 161 Å². The number of benzene rings is 7. The van der Waals surface area contributed by atoms with Crippen molar-refractivity contribution in [1.82, 2.24) is 34.9 Å². The predicted octanol–water partition coefficient (Wildman–Crippen LogP) is 20.2. The molecule has 3 N–H and O–H groups in total. The molecule has 112 heavy (non-hydrogen) atoms. The van der Waals surface area contributed by atoms with Gasteiger partial charge < -0.3 is 45.2 Å². The average molecular weight is 2560 g/mol. The van der Waals surface area contributed by atoms with Gasteiger partial charge in [0.05, 0.1) is 11.5 Å². The van der Waals surface area contributed by atoms with Crippen LogP contribution in [-0.2, 0) is 137 Å². The third-order valence-corrected chi connectivity index (χ3v) is 13.8. The van der Waals surface area contributed by atoms with Crippen LogP contribution in [0.1, 0.15) is 55.0 Å². The van der Waals surface area contributed by atoms with Gasteiger partial charge in [0.2, 0.25) is 0 Å². The number of rotatable bonds is 9. The van der Waals surface area contributed by atoms with Gasteiger partial charge in [-0.05, 0) is 121 Å². The van der Waals surface area contributed by atoms with Crippen molar-refractivity contribution < 1.29 is 168 Å². The number of nitrogens with zero attached hydrogens (tertiary/aromatic N) is 7. The van der Waals surface area contributed by atoms with Crippen LogP contribution in [0.3, 0.4) is 0 Å². The molecule has 0 saturated carbocycles.